The van der Waals surface area contributed by atoms with Crippen molar-refractivity contribution in [2.24, 2.45) is 0 Å². The molecule has 0 heterocycles. The van der Waals surface area contributed by atoms with Gasteiger partial charge in [-0.1, -0.05) is 37.6 Å². The summed E-state index contributed by atoms with van der Waals surface area (Å²) in [6.45, 7) is 3.92. The largest absolute Gasteiger partial charge is 0.481 e. The third kappa shape index (κ3) is 5.39. The topological polar surface area (TPSA) is 38.3 Å². The van der Waals surface area contributed by atoms with Gasteiger partial charge in [0.25, 0.3) is 5.91 Å². The van der Waals surface area contributed by atoms with Crippen LogP contribution in [0.15, 0.2) is 53.0 Å². The number of halogens is 1. The highest BCUT2D eigenvalue weighted by atomic mass is 79.9. The van der Waals surface area contributed by atoms with Crippen LogP contribution in [-0.4, -0.2) is 12.0 Å². The molecule has 0 saturated heterocycles. The fourth-order valence-electron chi connectivity index (χ4n) is 2.19. The number of ether oxygens (including phenoxy) is 1. The zero-order valence-electron chi connectivity index (χ0n) is 13.5. The molecular weight excluding hydrogens is 354 g/mol. The van der Waals surface area contributed by atoms with Crippen molar-refractivity contribution < 1.29 is 9.53 Å². The molecule has 1 amide bonds. The number of carbonyl (C=O) groups is 1. The summed E-state index contributed by atoms with van der Waals surface area (Å²) in [5, 5.41) is 2.90. The summed E-state index contributed by atoms with van der Waals surface area (Å²) in [6, 6.07) is 15.4. The maximum absolute atomic E-state index is 12.3. The maximum Gasteiger partial charge on any atom is 0.265 e. The predicted octanol–water partition coefficient (Wildman–Crippen LogP) is 5.20. The van der Waals surface area contributed by atoms with Crippen LogP contribution in [-0.2, 0) is 11.2 Å². The zero-order valence-corrected chi connectivity index (χ0v) is 15.1. The standard InChI is InChI=1S/C19H22BrNO2/c1-3-4-8-15-11-12-18(17(20)13-15)21-19(22)14(2)23-16-9-6-5-7-10-16/h5-7,9-14H,3-4,8H2,1-2H3,(H,21,22). The number of benzene rings is 2. The minimum absolute atomic E-state index is 0.170. The van der Waals surface area contributed by atoms with E-state index in [2.05, 4.69) is 40.3 Å². The molecule has 1 unspecified atom stereocenters. The number of para-hydroxylation sites is 1. The highest BCUT2D eigenvalue weighted by Gasteiger charge is 2.16. The molecule has 2 rings (SSSR count). The van der Waals surface area contributed by atoms with E-state index in [0.717, 1.165) is 16.6 Å². The highest BCUT2D eigenvalue weighted by Crippen LogP contribution is 2.25. The van der Waals surface area contributed by atoms with Crippen LogP contribution in [0, 0.1) is 0 Å². The van der Waals surface area contributed by atoms with Gasteiger partial charge in [-0.3, -0.25) is 4.79 Å². The molecular formula is C19H22BrNO2. The van der Waals surface area contributed by atoms with Crippen LogP contribution >= 0.6 is 15.9 Å². The van der Waals surface area contributed by atoms with Gasteiger partial charge in [-0.15, -0.1) is 0 Å². The molecule has 23 heavy (non-hydrogen) atoms. The Balaban J connectivity index is 1.96. The molecule has 0 aliphatic carbocycles. The molecule has 0 radical (unpaired) electrons. The van der Waals surface area contributed by atoms with Gasteiger partial charge in [0.1, 0.15) is 5.75 Å². The van der Waals surface area contributed by atoms with Crippen LogP contribution in [0.4, 0.5) is 5.69 Å². The molecule has 122 valence electrons. The lowest BCUT2D eigenvalue weighted by Crippen LogP contribution is -2.30. The van der Waals surface area contributed by atoms with Crippen LogP contribution in [0.3, 0.4) is 0 Å². The van der Waals surface area contributed by atoms with Gasteiger partial charge in [0.05, 0.1) is 5.69 Å². The lowest BCUT2D eigenvalue weighted by molar-refractivity contribution is -0.122. The first-order valence-corrected chi connectivity index (χ1v) is 8.70. The second kappa shape index (κ2) is 8.73. The van der Waals surface area contributed by atoms with Gasteiger partial charge in [0.2, 0.25) is 0 Å². The lowest BCUT2D eigenvalue weighted by Gasteiger charge is -2.15. The molecule has 4 heteroatoms. The minimum Gasteiger partial charge on any atom is -0.481 e. The monoisotopic (exact) mass is 375 g/mol. The molecule has 3 nitrogen and oxygen atoms in total. The second-order valence-electron chi connectivity index (χ2n) is 5.48. The van der Waals surface area contributed by atoms with Crippen molar-refractivity contribution in [3.63, 3.8) is 0 Å². The van der Waals surface area contributed by atoms with Crippen molar-refractivity contribution in [3.05, 3.63) is 58.6 Å². The third-order valence-electron chi connectivity index (χ3n) is 3.54. The highest BCUT2D eigenvalue weighted by molar-refractivity contribution is 9.10. The van der Waals surface area contributed by atoms with E-state index >= 15 is 0 Å². The van der Waals surface area contributed by atoms with E-state index in [4.69, 9.17) is 4.74 Å². The fourth-order valence-corrected chi connectivity index (χ4v) is 2.71. The first-order valence-electron chi connectivity index (χ1n) is 7.91. The SMILES string of the molecule is CCCCc1ccc(NC(=O)C(C)Oc2ccccc2)c(Br)c1. The molecule has 0 aliphatic heterocycles. The molecule has 2 aromatic carbocycles. The van der Waals surface area contributed by atoms with Crippen molar-refractivity contribution in [1.29, 1.82) is 0 Å². The maximum atomic E-state index is 12.3. The third-order valence-corrected chi connectivity index (χ3v) is 4.19. The summed E-state index contributed by atoms with van der Waals surface area (Å²) in [5.41, 5.74) is 2.03. The van der Waals surface area contributed by atoms with Crippen molar-refractivity contribution in [3.8, 4) is 5.75 Å². The first kappa shape index (κ1) is 17.5. The molecule has 1 N–H and O–H groups in total. The van der Waals surface area contributed by atoms with Crippen LogP contribution in [0.25, 0.3) is 0 Å². The van der Waals surface area contributed by atoms with Gasteiger partial charge in [-0.25, -0.2) is 0 Å². The van der Waals surface area contributed by atoms with E-state index in [1.54, 1.807) is 6.92 Å². The number of anilines is 1. The number of hydrogen-bond donors (Lipinski definition) is 1. The van der Waals surface area contributed by atoms with Crippen LogP contribution < -0.4 is 10.1 Å². The van der Waals surface area contributed by atoms with Gasteiger partial charge in [0, 0.05) is 4.47 Å². The molecule has 0 aliphatic rings. The Labute approximate surface area is 146 Å². The van der Waals surface area contributed by atoms with Gasteiger partial charge in [-0.2, -0.15) is 0 Å². The van der Waals surface area contributed by atoms with Crippen molar-refractivity contribution >= 4 is 27.5 Å². The molecule has 1 atom stereocenters. The summed E-state index contributed by atoms with van der Waals surface area (Å²) < 4.78 is 6.53. The first-order chi connectivity index (χ1) is 11.1. The Morgan fingerprint density at radius 1 is 1.22 bits per heavy atom. The molecule has 0 spiro atoms. The number of rotatable bonds is 7. The van der Waals surface area contributed by atoms with Gasteiger partial charge < -0.3 is 10.1 Å². The Bertz CT molecular complexity index is 643. The quantitative estimate of drug-likeness (QED) is 0.722. The van der Waals surface area contributed by atoms with Crippen molar-refractivity contribution in [1.82, 2.24) is 0 Å². The van der Waals surface area contributed by atoms with E-state index in [1.807, 2.05) is 36.4 Å². The predicted molar refractivity (Wildman–Crippen MR) is 97.9 cm³/mol. The summed E-state index contributed by atoms with van der Waals surface area (Å²) in [6.07, 6.45) is 2.82. The van der Waals surface area contributed by atoms with Crippen LogP contribution in [0.2, 0.25) is 0 Å². The molecule has 2 aromatic rings. The van der Waals surface area contributed by atoms with Crippen LogP contribution in [0.1, 0.15) is 32.3 Å². The number of nitrogens with one attached hydrogen (secondary N) is 1. The van der Waals surface area contributed by atoms with E-state index in [-0.39, 0.29) is 5.91 Å². The summed E-state index contributed by atoms with van der Waals surface area (Å²) in [7, 11) is 0. The Kier molecular flexibility index (Phi) is 6.66. The van der Waals surface area contributed by atoms with E-state index in [0.29, 0.717) is 5.75 Å². The minimum atomic E-state index is -0.566. The number of amides is 1. The molecule has 0 fully saturated rings. The molecule has 0 bridgehead atoms. The van der Waals surface area contributed by atoms with E-state index < -0.39 is 6.10 Å². The normalized spacial score (nSPS) is 11.8. The summed E-state index contributed by atoms with van der Waals surface area (Å²) in [4.78, 5) is 12.3. The Morgan fingerprint density at radius 3 is 2.61 bits per heavy atom. The summed E-state index contributed by atoms with van der Waals surface area (Å²) in [5.74, 6) is 0.514. The van der Waals surface area contributed by atoms with Gasteiger partial charge >= 0.3 is 0 Å². The number of unbranched alkanes of at least 4 members (excludes halogenated alkanes) is 1. The summed E-state index contributed by atoms with van der Waals surface area (Å²) >= 11 is 3.53. The fraction of sp³-hybridized carbons (Fsp3) is 0.316. The van der Waals surface area contributed by atoms with E-state index in [9.17, 15) is 4.79 Å². The molecule has 0 saturated carbocycles. The lowest BCUT2D eigenvalue weighted by atomic mass is 10.1. The van der Waals surface area contributed by atoms with E-state index in [1.165, 1.54) is 18.4 Å². The smallest absolute Gasteiger partial charge is 0.265 e. The average Bonchev–Trinajstić information content (AvgIpc) is 2.56. The Hall–Kier alpha value is -1.81. The van der Waals surface area contributed by atoms with Gasteiger partial charge in [-0.05, 0) is 65.5 Å². The average molecular weight is 376 g/mol. The van der Waals surface area contributed by atoms with Crippen LogP contribution in [0.5, 0.6) is 5.75 Å². The second-order valence-corrected chi connectivity index (χ2v) is 6.33. The number of carbonyl (C=O) groups excluding carboxylic acids is 1. The molecule has 0 aromatic heterocycles. The number of hydrogen-bond acceptors (Lipinski definition) is 2. The Morgan fingerprint density at radius 2 is 1.96 bits per heavy atom. The number of aryl methyl sites for hydroxylation is 1. The van der Waals surface area contributed by atoms with Gasteiger partial charge in [0.15, 0.2) is 6.10 Å². The zero-order chi connectivity index (χ0) is 16.7. The van der Waals surface area contributed by atoms with Crippen molar-refractivity contribution in [2.75, 3.05) is 5.32 Å². The van der Waals surface area contributed by atoms with Crippen molar-refractivity contribution in [2.45, 2.75) is 39.2 Å².